The van der Waals surface area contributed by atoms with Crippen LogP contribution in [-0.4, -0.2) is 36.4 Å². The number of benzene rings is 1. The number of anilines is 1. The molecular formula is C20H26N2O2. The third-order valence-electron chi connectivity index (χ3n) is 6.00. The Kier molecular flexibility index (Phi) is 3.87. The van der Waals surface area contributed by atoms with E-state index in [1.165, 1.54) is 10.9 Å². The number of pyridine rings is 1. The highest BCUT2D eigenvalue weighted by Crippen LogP contribution is 2.45. The summed E-state index contributed by atoms with van der Waals surface area (Å²) < 4.78 is 5.35. The normalized spacial score (nSPS) is 27.1. The van der Waals surface area contributed by atoms with Crippen molar-refractivity contribution in [1.29, 1.82) is 0 Å². The van der Waals surface area contributed by atoms with E-state index in [9.17, 15) is 5.11 Å². The number of fused-ring (bicyclic) bond motifs is 1. The second kappa shape index (κ2) is 5.92. The van der Waals surface area contributed by atoms with Gasteiger partial charge in [0.15, 0.2) is 0 Å². The van der Waals surface area contributed by atoms with Crippen LogP contribution < -0.4 is 9.64 Å². The molecule has 2 heterocycles. The summed E-state index contributed by atoms with van der Waals surface area (Å²) in [4.78, 5) is 7.29. The monoisotopic (exact) mass is 326 g/mol. The Morgan fingerprint density at radius 2 is 2.08 bits per heavy atom. The molecule has 1 spiro atoms. The zero-order chi connectivity index (χ0) is 16.7. The quantitative estimate of drug-likeness (QED) is 0.914. The summed E-state index contributed by atoms with van der Waals surface area (Å²) in [5, 5.41) is 11.7. The van der Waals surface area contributed by atoms with Gasteiger partial charge in [-0.05, 0) is 56.4 Å². The molecule has 4 heteroatoms. The van der Waals surface area contributed by atoms with E-state index in [0.717, 1.165) is 62.3 Å². The summed E-state index contributed by atoms with van der Waals surface area (Å²) >= 11 is 0. The fourth-order valence-corrected chi connectivity index (χ4v) is 4.61. The van der Waals surface area contributed by atoms with Crippen LogP contribution in [0.3, 0.4) is 0 Å². The van der Waals surface area contributed by atoms with Crippen LogP contribution in [0.15, 0.2) is 24.3 Å². The van der Waals surface area contributed by atoms with E-state index in [4.69, 9.17) is 9.72 Å². The molecule has 24 heavy (non-hydrogen) atoms. The van der Waals surface area contributed by atoms with Crippen LogP contribution >= 0.6 is 0 Å². The topological polar surface area (TPSA) is 45.6 Å². The lowest BCUT2D eigenvalue weighted by Gasteiger charge is -2.43. The van der Waals surface area contributed by atoms with Gasteiger partial charge in [0, 0.05) is 30.0 Å². The van der Waals surface area contributed by atoms with Crippen LogP contribution in [0, 0.1) is 12.3 Å². The molecule has 2 aromatic rings. The van der Waals surface area contributed by atoms with Crippen molar-refractivity contribution >= 4 is 16.7 Å². The summed E-state index contributed by atoms with van der Waals surface area (Å²) in [6, 6.07) is 8.27. The highest BCUT2D eigenvalue weighted by molar-refractivity contribution is 5.85. The lowest BCUT2D eigenvalue weighted by molar-refractivity contribution is 0.0408. The molecule has 2 aliphatic rings. The molecule has 1 aliphatic heterocycles. The first kappa shape index (κ1) is 15.7. The number of hydrogen-bond acceptors (Lipinski definition) is 4. The molecule has 1 aromatic heterocycles. The highest BCUT2D eigenvalue weighted by Gasteiger charge is 2.44. The molecule has 0 amide bonds. The van der Waals surface area contributed by atoms with Crippen LogP contribution in [0.5, 0.6) is 5.75 Å². The number of nitrogens with zero attached hydrogens (tertiary/aromatic N) is 2. The predicted octanol–water partition coefficient (Wildman–Crippen LogP) is 3.68. The second-order valence-electron chi connectivity index (χ2n) is 7.48. The molecule has 1 aliphatic carbocycles. The Balaban J connectivity index is 1.70. The smallest absolute Gasteiger partial charge is 0.129 e. The van der Waals surface area contributed by atoms with Gasteiger partial charge in [0.25, 0.3) is 0 Å². The maximum absolute atomic E-state index is 10.5. The minimum Gasteiger partial charge on any atom is -0.497 e. The number of aryl methyl sites for hydroxylation is 1. The number of rotatable bonds is 2. The van der Waals surface area contributed by atoms with Gasteiger partial charge in [0.2, 0.25) is 0 Å². The van der Waals surface area contributed by atoms with Crippen molar-refractivity contribution < 1.29 is 9.84 Å². The number of piperidine rings is 1. The molecular weight excluding hydrogens is 300 g/mol. The van der Waals surface area contributed by atoms with Crippen LogP contribution in [0.1, 0.15) is 37.7 Å². The van der Waals surface area contributed by atoms with Gasteiger partial charge in [-0.3, -0.25) is 0 Å². The summed E-state index contributed by atoms with van der Waals surface area (Å²) in [6.07, 6.45) is 5.37. The van der Waals surface area contributed by atoms with Gasteiger partial charge in [-0.15, -0.1) is 0 Å². The maximum atomic E-state index is 10.5. The van der Waals surface area contributed by atoms with Gasteiger partial charge in [-0.1, -0.05) is 6.42 Å². The van der Waals surface area contributed by atoms with Crippen molar-refractivity contribution in [3.63, 3.8) is 0 Å². The Labute approximate surface area is 143 Å². The molecule has 1 aromatic carbocycles. The first-order valence-electron chi connectivity index (χ1n) is 9.00. The predicted molar refractivity (Wildman–Crippen MR) is 96.8 cm³/mol. The van der Waals surface area contributed by atoms with E-state index in [0.29, 0.717) is 0 Å². The van der Waals surface area contributed by atoms with Gasteiger partial charge in [-0.25, -0.2) is 4.98 Å². The molecule has 2 fully saturated rings. The fourth-order valence-electron chi connectivity index (χ4n) is 4.61. The van der Waals surface area contributed by atoms with Gasteiger partial charge in [-0.2, -0.15) is 0 Å². The van der Waals surface area contributed by atoms with Crippen LogP contribution in [0.25, 0.3) is 10.9 Å². The third-order valence-corrected chi connectivity index (χ3v) is 6.00. The Bertz CT molecular complexity index is 761. The first-order chi connectivity index (χ1) is 11.6. The molecule has 0 unspecified atom stereocenters. The second-order valence-corrected chi connectivity index (χ2v) is 7.48. The average molecular weight is 326 g/mol. The summed E-state index contributed by atoms with van der Waals surface area (Å²) in [5.41, 5.74) is 2.30. The Morgan fingerprint density at radius 1 is 1.25 bits per heavy atom. The summed E-state index contributed by atoms with van der Waals surface area (Å²) in [7, 11) is 1.69. The number of hydrogen-bond donors (Lipinski definition) is 1. The van der Waals surface area contributed by atoms with Gasteiger partial charge in [0.05, 0.1) is 18.7 Å². The van der Waals surface area contributed by atoms with E-state index < -0.39 is 0 Å². The van der Waals surface area contributed by atoms with Crippen LogP contribution in [0.4, 0.5) is 5.82 Å². The molecule has 0 bridgehead atoms. The number of aliphatic hydroxyl groups excluding tert-OH is 1. The first-order valence-corrected chi connectivity index (χ1v) is 9.00. The lowest BCUT2D eigenvalue weighted by Crippen LogP contribution is -2.47. The van der Waals surface area contributed by atoms with Crippen molar-refractivity contribution in [2.45, 2.75) is 45.1 Å². The fraction of sp³-hybridized carbons (Fsp3) is 0.550. The molecule has 1 N–H and O–H groups in total. The standard InChI is InChI=1S/C20H26N2O2/c1-14-11-19(21-17-12-15(24-2)6-7-16(14)17)22-10-4-9-20(13-22)8-3-5-18(20)23/h6-7,11-12,18,23H,3-5,8-10,13H2,1-2H3/t18-,20+/m1/s1. The van der Waals surface area contributed by atoms with Gasteiger partial charge < -0.3 is 14.7 Å². The number of ether oxygens (including phenoxy) is 1. The molecule has 2 atom stereocenters. The maximum Gasteiger partial charge on any atom is 0.129 e. The molecule has 1 saturated carbocycles. The van der Waals surface area contributed by atoms with Crippen molar-refractivity contribution in [1.82, 2.24) is 4.98 Å². The lowest BCUT2D eigenvalue weighted by atomic mass is 9.76. The number of aliphatic hydroxyl groups is 1. The van der Waals surface area contributed by atoms with Gasteiger partial charge >= 0.3 is 0 Å². The van der Waals surface area contributed by atoms with E-state index in [1.807, 2.05) is 12.1 Å². The van der Waals surface area contributed by atoms with Crippen LogP contribution in [-0.2, 0) is 0 Å². The largest absolute Gasteiger partial charge is 0.497 e. The Morgan fingerprint density at radius 3 is 2.83 bits per heavy atom. The average Bonchev–Trinajstić information content (AvgIpc) is 2.94. The zero-order valence-electron chi connectivity index (χ0n) is 14.6. The number of aromatic nitrogens is 1. The molecule has 128 valence electrons. The SMILES string of the molecule is COc1ccc2c(C)cc(N3CCC[C@@]4(CCC[C@H]4O)C3)nc2c1. The van der Waals surface area contributed by atoms with E-state index in [2.05, 4.69) is 24.0 Å². The van der Waals surface area contributed by atoms with Crippen molar-refractivity contribution in [2.75, 3.05) is 25.1 Å². The van der Waals surface area contributed by atoms with E-state index >= 15 is 0 Å². The summed E-state index contributed by atoms with van der Waals surface area (Å²) in [5.74, 6) is 1.87. The minimum atomic E-state index is -0.151. The van der Waals surface area contributed by atoms with Crippen molar-refractivity contribution in [3.8, 4) is 5.75 Å². The molecule has 4 rings (SSSR count). The summed E-state index contributed by atoms with van der Waals surface area (Å²) in [6.45, 7) is 4.09. The van der Waals surface area contributed by atoms with Crippen molar-refractivity contribution in [3.05, 3.63) is 29.8 Å². The van der Waals surface area contributed by atoms with E-state index in [-0.39, 0.29) is 11.5 Å². The number of methoxy groups -OCH3 is 1. The highest BCUT2D eigenvalue weighted by atomic mass is 16.5. The molecule has 4 nitrogen and oxygen atoms in total. The molecule has 0 radical (unpaired) electrons. The van der Waals surface area contributed by atoms with Crippen molar-refractivity contribution in [2.24, 2.45) is 5.41 Å². The van der Waals surface area contributed by atoms with Crippen LogP contribution in [0.2, 0.25) is 0 Å². The third kappa shape index (κ3) is 2.53. The zero-order valence-corrected chi connectivity index (χ0v) is 14.6. The Hall–Kier alpha value is -1.81. The van der Waals surface area contributed by atoms with E-state index in [1.54, 1.807) is 7.11 Å². The molecule has 1 saturated heterocycles. The minimum absolute atomic E-state index is 0.0805. The van der Waals surface area contributed by atoms with Gasteiger partial charge in [0.1, 0.15) is 11.6 Å².